The molecule has 0 spiro atoms. The number of para-hydroxylation sites is 1. The molecule has 0 atom stereocenters. The van der Waals surface area contributed by atoms with Gasteiger partial charge in [-0.2, -0.15) is 0 Å². The van der Waals surface area contributed by atoms with Gasteiger partial charge in [0, 0.05) is 0 Å². The molecule has 100 valence electrons. The summed E-state index contributed by atoms with van der Waals surface area (Å²) in [6.07, 6.45) is 0. The summed E-state index contributed by atoms with van der Waals surface area (Å²) >= 11 is 6.22. The van der Waals surface area contributed by atoms with E-state index in [1.165, 1.54) is 6.07 Å². The predicted molar refractivity (Wildman–Crippen MR) is 75.6 cm³/mol. The van der Waals surface area contributed by atoms with E-state index < -0.39 is 5.97 Å². The molecule has 0 bridgehead atoms. The fourth-order valence-corrected chi connectivity index (χ4v) is 2.41. The van der Waals surface area contributed by atoms with Gasteiger partial charge >= 0.3 is 5.97 Å². The summed E-state index contributed by atoms with van der Waals surface area (Å²) in [6.45, 7) is 1.91. The van der Waals surface area contributed by atoms with Gasteiger partial charge in [0.05, 0.1) is 21.8 Å². The van der Waals surface area contributed by atoms with Crippen LogP contribution in [-0.2, 0) is 0 Å². The standard InChI is InChI=1S/C14H10ClN3O2/c1-8-3-2-4-10(15)13(8)18-12-7-9(14(19)20)5-6-11(12)16-17-18/h2-7H,1H3,(H,19,20). The van der Waals surface area contributed by atoms with Gasteiger partial charge in [0.1, 0.15) is 5.52 Å². The van der Waals surface area contributed by atoms with Crippen molar-refractivity contribution in [3.63, 3.8) is 0 Å². The van der Waals surface area contributed by atoms with Crippen molar-refractivity contribution in [2.45, 2.75) is 6.92 Å². The van der Waals surface area contributed by atoms with Crippen molar-refractivity contribution in [3.8, 4) is 5.69 Å². The summed E-state index contributed by atoms with van der Waals surface area (Å²) in [5.41, 5.74) is 3.06. The molecule has 1 N–H and O–H groups in total. The van der Waals surface area contributed by atoms with Crippen LogP contribution in [-0.4, -0.2) is 26.1 Å². The van der Waals surface area contributed by atoms with E-state index in [0.29, 0.717) is 21.7 Å². The average molecular weight is 288 g/mol. The molecule has 0 aliphatic carbocycles. The molecule has 5 nitrogen and oxygen atoms in total. The number of aryl methyl sites for hydroxylation is 1. The van der Waals surface area contributed by atoms with E-state index in [1.54, 1.807) is 22.9 Å². The van der Waals surface area contributed by atoms with Crippen molar-refractivity contribution in [1.82, 2.24) is 15.0 Å². The zero-order valence-corrected chi connectivity index (χ0v) is 11.3. The largest absolute Gasteiger partial charge is 0.478 e. The van der Waals surface area contributed by atoms with Crippen molar-refractivity contribution in [2.75, 3.05) is 0 Å². The van der Waals surface area contributed by atoms with E-state index >= 15 is 0 Å². The average Bonchev–Trinajstić information content (AvgIpc) is 2.81. The minimum absolute atomic E-state index is 0.186. The Balaban J connectivity index is 2.31. The van der Waals surface area contributed by atoms with Crippen LogP contribution < -0.4 is 0 Å². The van der Waals surface area contributed by atoms with Crippen molar-refractivity contribution in [1.29, 1.82) is 0 Å². The zero-order valence-electron chi connectivity index (χ0n) is 10.5. The third-order valence-electron chi connectivity index (χ3n) is 3.09. The number of hydrogen-bond acceptors (Lipinski definition) is 3. The third kappa shape index (κ3) is 1.92. The topological polar surface area (TPSA) is 68.0 Å². The lowest BCUT2D eigenvalue weighted by molar-refractivity contribution is 0.0697. The smallest absolute Gasteiger partial charge is 0.335 e. The first-order chi connectivity index (χ1) is 9.58. The lowest BCUT2D eigenvalue weighted by atomic mass is 10.1. The fourth-order valence-electron chi connectivity index (χ4n) is 2.11. The lowest BCUT2D eigenvalue weighted by Crippen LogP contribution is -2.01. The van der Waals surface area contributed by atoms with Gasteiger partial charge < -0.3 is 5.11 Å². The SMILES string of the molecule is Cc1cccc(Cl)c1-n1nnc2ccc(C(=O)O)cc21. The molecule has 0 aliphatic heterocycles. The van der Waals surface area contributed by atoms with Crippen LogP contribution in [0.4, 0.5) is 0 Å². The molecule has 6 heteroatoms. The Morgan fingerprint density at radius 2 is 2.10 bits per heavy atom. The number of carboxylic acids is 1. The van der Waals surface area contributed by atoms with Crippen LogP contribution in [0.25, 0.3) is 16.7 Å². The number of nitrogens with zero attached hydrogens (tertiary/aromatic N) is 3. The minimum Gasteiger partial charge on any atom is -0.478 e. The molecule has 2 aromatic carbocycles. The highest BCUT2D eigenvalue weighted by Gasteiger charge is 2.14. The normalized spacial score (nSPS) is 10.9. The van der Waals surface area contributed by atoms with E-state index in [-0.39, 0.29) is 5.56 Å². The molecular weight excluding hydrogens is 278 g/mol. The number of fused-ring (bicyclic) bond motifs is 1. The molecule has 0 unspecified atom stereocenters. The van der Waals surface area contributed by atoms with Crippen LogP contribution in [0.1, 0.15) is 15.9 Å². The maximum Gasteiger partial charge on any atom is 0.335 e. The first-order valence-corrected chi connectivity index (χ1v) is 6.30. The van der Waals surface area contributed by atoms with Crippen LogP contribution in [0.15, 0.2) is 36.4 Å². The summed E-state index contributed by atoms with van der Waals surface area (Å²) in [4.78, 5) is 11.1. The first-order valence-electron chi connectivity index (χ1n) is 5.92. The van der Waals surface area contributed by atoms with Crippen molar-refractivity contribution < 1.29 is 9.90 Å². The van der Waals surface area contributed by atoms with Gasteiger partial charge in [-0.3, -0.25) is 0 Å². The molecule has 0 amide bonds. The van der Waals surface area contributed by atoms with Gasteiger partial charge in [-0.15, -0.1) is 5.10 Å². The summed E-state index contributed by atoms with van der Waals surface area (Å²) in [7, 11) is 0. The number of aromatic nitrogens is 3. The minimum atomic E-state index is -0.990. The summed E-state index contributed by atoms with van der Waals surface area (Å²) in [6, 6.07) is 10.2. The molecule has 0 saturated carbocycles. The molecule has 1 aromatic heterocycles. The maximum atomic E-state index is 11.1. The van der Waals surface area contributed by atoms with Crippen LogP contribution in [0.3, 0.4) is 0 Å². The molecule has 3 aromatic rings. The Hall–Kier alpha value is -2.40. The molecule has 0 radical (unpaired) electrons. The highest BCUT2D eigenvalue weighted by atomic mass is 35.5. The van der Waals surface area contributed by atoms with Gasteiger partial charge in [0.15, 0.2) is 0 Å². The van der Waals surface area contributed by atoms with Crippen LogP contribution in [0, 0.1) is 6.92 Å². The molecule has 0 aliphatic rings. The Morgan fingerprint density at radius 1 is 1.30 bits per heavy atom. The van der Waals surface area contributed by atoms with Gasteiger partial charge in [-0.25, -0.2) is 9.48 Å². The molecule has 1 heterocycles. The van der Waals surface area contributed by atoms with Crippen molar-refractivity contribution in [2.24, 2.45) is 0 Å². The highest BCUT2D eigenvalue weighted by Crippen LogP contribution is 2.26. The number of halogens is 1. The summed E-state index contributed by atoms with van der Waals surface area (Å²) in [5, 5.41) is 17.7. The lowest BCUT2D eigenvalue weighted by Gasteiger charge is -2.08. The molecule has 0 fully saturated rings. The van der Waals surface area contributed by atoms with Crippen LogP contribution in [0.5, 0.6) is 0 Å². The summed E-state index contributed by atoms with van der Waals surface area (Å²) in [5.74, 6) is -0.990. The number of hydrogen-bond donors (Lipinski definition) is 1. The number of aromatic carboxylic acids is 1. The third-order valence-corrected chi connectivity index (χ3v) is 3.40. The highest BCUT2D eigenvalue weighted by molar-refractivity contribution is 6.32. The Morgan fingerprint density at radius 3 is 2.80 bits per heavy atom. The number of benzene rings is 2. The first kappa shape index (κ1) is 12.6. The van der Waals surface area contributed by atoms with Crippen molar-refractivity contribution in [3.05, 3.63) is 52.5 Å². The van der Waals surface area contributed by atoms with Crippen LogP contribution in [0.2, 0.25) is 5.02 Å². The molecular formula is C14H10ClN3O2. The van der Waals surface area contributed by atoms with E-state index in [2.05, 4.69) is 10.3 Å². The zero-order chi connectivity index (χ0) is 14.3. The molecule has 3 rings (SSSR count). The van der Waals surface area contributed by atoms with Crippen molar-refractivity contribution >= 4 is 28.6 Å². The maximum absolute atomic E-state index is 11.1. The molecule has 0 saturated heterocycles. The van der Waals surface area contributed by atoms with E-state index in [9.17, 15) is 4.79 Å². The second-order valence-electron chi connectivity index (χ2n) is 4.42. The van der Waals surface area contributed by atoms with E-state index in [1.807, 2.05) is 19.1 Å². The Kier molecular flexibility index (Phi) is 2.91. The van der Waals surface area contributed by atoms with Crippen LogP contribution >= 0.6 is 11.6 Å². The monoisotopic (exact) mass is 287 g/mol. The second kappa shape index (κ2) is 4.61. The van der Waals surface area contributed by atoms with E-state index in [0.717, 1.165) is 5.56 Å². The Labute approximate surface area is 119 Å². The Bertz CT molecular complexity index is 806. The van der Waals surface area contributed by atoms with Gasteiger partial charge in [0.25, 0.3) is 0 Å². The van der Waals surface area contributed by atoms with Gasteiger partial charge in [-0.05, 0) is 36.8 Å². The number of carboxylic acid groups (broad SMARTS) is 1. The predicted octanol–water partition coefficient (Wildman–Crippen LogP) is 3.08. The quantitative estimate of drug-likeness (QED) is 0.786. The van der Waals surface area contributed by atoms with Gasteiger partial charge in [0.2, 0.25) is 0 Å². The number of carbonyl (C=O) groups is 1. The second-order valence-corrected chi connectivity index (χ2v) is 4.82. The number of rotatable bonds is 2. The van der Waals surface area contributed by atoms with E-state index in [4.69, 9.17) is 16.7 Å². The van der Waals surface area contributed by atoms with Gasteiger partial charge in [-0.1, -0.05) is 28.9 Å². The molecule has 20 heavy (non-hydrogen) atoms. The summed E-state index contributed by atoms with van der Waals surface area (Å²) < 4.78 is 1.57. The fraction of sp³-hybridized carbons (Fsp3) is 0.0714.